The fraction of sp³-hybridized carbons (Fsp3) is 0.480. The van der Waals surface area contributed by atoms with E-state index < -0.39 is 0 Å². The van der Waals surface area contributed by atoms with Crippen LogP contribution < -0.4 is 10.2 Å². The van der Waals surface area contributed by atoms with E-state index in [-0.39, 0.29) is 6.03 Å². The molecule has 174 valence electrons. The maximum atomic E-state index is 12.6. The second-order valence-electron chi connectivity index (χ2n) is 9.04. The molecule has 0 saturated carbocycles. The molecule has 0 unspecified atom stereocenters. The van der Waals surface area contributed by atoms with E-state index in [1.165, 1.54) is 16.6 Å². The molecule has 5 rings (SSSR count). The minimum atomic E-state index is 0.0798. The Labute approximate surface area is 195 Å². The molecule has 0 bridgehead atoms. The number of fused-ring (bicyclic) bond motifs is 1. The highest BCUT2D eigenvalue weighted by Gasteiger charge is 2.25. The van der Waals surface area contributed by atoms with Crippen LogP contribution in [0.2, 0.25) is 0 Å². The number of aromatic amines is 1. The zero-order chi connectivity index (χ0) is 22.5. The van der Waals surface area contributed by atoms with Gasteiger partial charge in [-0.15, -0.1) is 0 Å². The van der Waals surface area contributed by atoms with Crippen LogP contribution in [-0.2, 0) is 0 Å². The number of nitrogens with zero attached hydrogens (tertiary/aromatic N) is 5. The maximum Gasteiger partial charge on any atom is 0.317 e. The van der Waals surface area contributed by atoms with E-state index in [1.54, 1.807) is 12.4 Å². The summed E-state index contributed by atoms with van der Waals surface area (Å²) in [5.41, 5.74) is 2.50. The molecule has 2 N–H and O–H groups in total. The van der Waals surface area contributed by atoms with Crippen molar-refractivity contribution in [3.63, 3.8) is 0 Å². The summed E-state index contributed by atoms with van der Waals surface area (Å²) in [4.78, 5) is 31.5. The third-order valence-electron chi connectivity index (χ3n) is 6.91. The molecule has 0 radical (unpaired) electrons. The average molecular weight is 448 g/mol. The van der Waals surface area contributed by atoms with Crippen molar-refractivity contribution in [2.24, 2.45) is 0 Å². The molecule has 2 aromatic heterocycles. The Morgan fingerprint density at radius 2 is 1.76 bits per heavy atom. The predicted octanol–water partition coefficient (Wildman–Crippen LogP) is 3.06. The van der Waals surface area contributed by atoms with Crippen LogP contribution in [0.15, 0.2) is 48.8 Å². The fourth-order valence-electron chi connectivity index (χ4n) is 4.95. The third kappa shape index (κ3) is 5.27. The number of piperazine rings is 1. The quantitative estimate of drug-likeness (QED) is 0.568. The molecule has 8 heteroatoms. The van der Waals surface area contributed by atoms with Crippen LogP contribution in [0, 0.1) is 0 Å². The van der Waals surface area contributed by atoms with E-state index in [0.717, 1.165) is 77.6 Å². The monoisotopic (exact) mass is 447 g/mol. The lowest BCUT2D eigenvalue weighted by molar-refractivity contribution is 0.180. The largest absolute Gasteiger partial charge is 0.358 e. The molecule has 0 aliphatic carbocycles. The van der Waals surface area contributed by atoms with E-state index in [9.17, 15) is 4.79 Å². The Morgan fingerprint density at radius 1 is 1.00 bits per heavy atom. The first-order chi connectivity index (χ1) is 16.3. The van der Waals surface area contributed by atoms with Gasteiger partial charge in [-0.1, -0.05) is 18.2 Å². The lowest BCUT2D eigenvalue weighted by Crippen LogP contribution is -2.48. The number of anilines is 1. The number of carbonyl (C=O) groups is 1. The molecule has 2 amide bonds. The van der Waals surface area contributed by atoms with Crippen LogP contribution in [0.3, 0.4) is 0 Å². The SMILES string of the molecule is O=C(NCCCN1CCN(c2ncccn2)CC1)N1CCC(c2cc3ccccc3[nH]2)CC1. The molecule has 0 spiro atoms. The highest BCUT2D eigenvalue weighted by atomic mass is 16.2. The van der Waals surface area contributed by atoms with Gasteiger partial charge in [0.15, 0.2) is 0 Å². The van der Waals surface area contributed by atoms with Crippen LogP contribution >= 0.6 is 0 Å². The van der Waals surface area contributed by atoms with E-state index >= 15 is 0 Å². The van der Waals surface area contributed by atoms with Crippen molar-refractivity contribution in [2.45, 2.75) is 25.2 Å². The van der Waals surface area contributed by atoms with Gasteiger partial charge in [0.05, 0.1) is 0 Å². The Hall–Kier alpha value is -3.13. The molecule has 2 fully saturated rings. The van der Waals surface area contributed by atoms with Crippen LogP contribution in [-0.4, -0.2) is 83.1 Å². The Morgan fingerprint density at radius 3 is 2.52 bits per heavy atom. The highest BCUT2D eigenvalue weighted by molar-refractivity contribution is 5.80. The topological polar surface area (TPSA) is 80.4 Å². The maximum absolute atomic E-state index is 12.6. The molecule has 1 aromatic carbocycles. The summed E-state index contributed by atoms with van der Waals surface area (Å²) in [5.74, 6) is 1.32. The Bertz CT molecular complexity index is 1000. The summed E-state index contributed by atoms with van der Waals surface area (Å²) < 4.78 is 0. The van der Waals surface area contributed by atoms with E-state index in [0.29, 0.717) is 5.92 Å². The zero-order valence-corrected chi connectivity index (χ0v) is 19.1. The summed E-state index contributed by atoms with van der Waals surface area (Å²) in [7, 11) is 0. The molecule has 2 saturated heterocycles. The van der Waals surface area contributed by atoms with Gasteiger partial charge in [-0.3, -0.25) is 4.90 Å². The van der Waals surface area contributed by atoms with Crippen molar-refractivity contribution < 1.29 is 4.79 Å². The average Bonchev–Trinajstić information content (AvgIpc) is 3.32. The molecule has 33 heavy (non-hydrogen) atoms. The number of H-pyrrole nitrogens is 1. The van der Waals surface area contributed by atoms with Gasteiger partial charge >= 0.3 is 6.03 Å². The summed E-state index contributed by atoms with van der Waals surface area (Å²) >= 11 is 0. The number of carbonyl (C=O) groups excluding carboxylic acids is 1. The smallest absolute Gasteiger partial charge is 0.317 e. The molecule has 0 atom stereocenters. The van der Waals surface area contributed by atoms with Crippen molar-refractivity contribution in [3.8, 4) is 0 Å². The first-order valence-corrected chi connectivity index (χ1v) is 12.1. The zero-order valence-electron chi connectivity index (χ0n) is 19.1. The van der Waals surface area contributed by atoms with Crippen LogP contribution in [0.1, 0.15) is 30.9 Å². The molecular weight excluding hydrogens is 414 g/mol. The van der Waals surface area contributed by atoms with Gasteiger partial charge in [0.1, 0.15) is 0 Å². The first-order valence-electron chi connectivity index (χ1n) is 12.1. The van der Waals surface area contributed by atoms with Gasteiger partial charge in [-0.2, -0.15) is 0 Å². The van der Waals surface area contributed by atoms with Gasteiger partial charge in [0.2, 0.25) is 5.95 Å². The Balaban J connectivity index is 0.987. The minimum absolute atomic E-state index is 0.0798. The predicted molar refractivity (Wildman–Crippen MR) is 131 cm³/mol. The first kappa shape index (κ1) is 21.7. The minimum Gasteiger partial charge on any atom is -0.358 e. The molecule has 4 heterocycles. The molecule has 2 aliphatic heterocycles. The molecule has 2 aliphatic rings. The third-order valence-corrected chi connectivity index (χ3v) is 6.91. The number of aromatic nitrogens is 3. The van der Waals surface area contributed by atoms with Crippen LogP contribution in [0.25, 0.3) is 10.9 Å². The lowest BCUT2D eigenvalue weighted by atomic mass is 9.94. The number of urea groups is 1. The summed E-state index contributed by atoms with van der Waals surface area (Å²) in [6, 6.07) is 12.6. The van der Waals surface area contributed by atoms with Crippen LogP contribution in [0.5, 0.6) is 0 Å². The van der Waals surface area contributed by atoms with Gasteiger partial charge in [0, 0.05) is 75.3 Å². The number of benzene rings is 1. The van der Waals surface area contributed by atoms with Crippen molar-refractivity contribution in [2.75, 3.05) is 57.3 Å². The molecule has 8 nitrogen and oxygen atoms in total. The van der Waals surface area contributed by atoms with Gasteiger partial charge < -0.3 is 20.1 Å². The van der Waals surface area contributed by atoms with E-state index in [1.807, 2.05) is 11.0 Å². The highest BCUT2D eigenvalue weighted by Crippen LogP contribution is 2.29. The van der Waals surface area contributed by atoms with Crippen molar-refractivity contribution in [1.82, 2.24) is 30.1 Å². The number of amides is 2. The van der Waals surface area contributed by atoms with E-state index in [4.69, 9.17) is 0 Å². The normalized spacial score (nSPS) is 18.1. The number of para-hydroxylation sites is 1. The number of nitrogens with one attached hydrogen (secondary N) is 2. The summed E-state index contributed by atoms with van der Waals surface area (Å²) in [6.07, 6.45) is 6.58. The lowest BCUT2D eigenvalue weighted by Gasteiger charge is -2.34. The second-order valence-corrected chi connectivity index (χ2v) is 9.04. The number of hydrogen-bond donors (Lipinski definition) is 2. The van der Waals surface area contributed by atoms with Crippen LogP contribution in [0.4, 0.5) is 10.7 Å². The Kier molecular flexibility index (Phi) is 6.71. The standard InChI is InChI=1S/C25H33N7O/c33-25(28-11-4-12-30-15-17-31(18-16-30)24-26-9-3-10-27-24)32-13-7-20(8-14-32)23-19-21-5-1-2-6-22(21)29-23/h1-3,5-6,9-10,19-20,29H,4,7-8,11-18H2,(H,28,33). The van der Waals surface area contributed by atoms with Gasteiger partial charge in [0.25, 0.3) is 0 Å². The summed E-state index contributed by atoms with van der Waals surface area (Å²) in [6.45, 7) is 7.27. The van der Waals surface area contributed by atoms with E-state index in [2.05, 4.69) is 60.4 Å². The van der Waals surface area contributed by atoms with Crippen molar-refractivity contribution in [1.29, 1.82) is 0 Å². The second kappa shape index (κ2) is 10.2. The fourth-order valence-corrected chi connectivity index (χ4v) is 4.95. The summed E-state index contributed by atoms with van der Waals surface area (Å²) in [5, 5.41) is 4.39. The van der Waals surface area contributed by atoms with Crippen molar-refractivity contribution >= 4 is 22.9 Å². The number of piperidine rings is 1. The molecular formula is C25H33N7O. The number of likely N-dealkylation sites (tertiary alicyclic amines) is 1. The number of rotatable bonds is 6. The van der Waals surface area contributed by atoms with Gasteiger partial charge in [-0.25, -0.2) is 14.8 Å². The number of hydrogen-bond acceptors (Lipinski definition) is 5. The van der Waals surface area contributed by atoms with Gasteiger partial charge in [-0.05, 0) is 49.4 Å². The van der Waals surface area contributed by atoms with Crippen molar-refractivity contribution in [3.05, 3.63) is 54.5 Å². The molecule has 3 aromatic rings.